The fraction of sp³-hybridized carbons (Fsp3) is 0.444. The van der Waals surface area contributed by atoms with E-state index in [9.17, 15) is 0 Å². The van der Waals surface area contributed by atoms with Gasteiger partial charge in [0, 0.05) is 23.7 Å². The summed E-state index contributed by atoms with van der Waals surface area (Å²) in [7, 11) is 0. The molecule has 0 aliphatic carbocycles. The highest BCUT2D eigenvalue weighted by Gasteiger charge is 2.26. The first kappa shape index (κ1) is 14.5. The predicted molar refractivity (Wildman–Crippen MR) is 94.0 cm³/mol. The van der Waals surface area contributed by atoms with Gasteiger partial charge >= 0.3 is 0 Å². The third-order valence-electron chi connectivity index (χ3n) is 5.13. The van der Waals surface area contributed by atoms with Gasteiger partial charge in [0.1, 0.15) is 23.4 Å². The quantitative estimate of drug-likeness (QED) is 0.690. The van der Waals surface area contributed by atoms with E-state index in [0.29, 0.717) is 6.04 Å². The van der Waals surface area contributed by atoms with Gasteiger partial charge in [0.2, 0.25) is 0 Å². The fourth-order valence-corrected chi connectivity index (χ4v) is 3.86. The zero-order chi connectivity index (χ0) is 15.8. The molecule has 1 aromatic carbocycles. The minimum atomic E-state index is 0.691. The Morgan fingerprint density at radius 3 is 3.13 bits per heavy atom. The first-order valence-electron chi connectivity index (χ1n) is 8.57. The summed E-state index contributed by atoms with van der Waals surface area (Å²) in [5.74, 6) is 0.922. The number of aromatic amines is 1. The van der Waals surface area contributed by atoms with Crippen molar-refractivity contribution in [1.82, 2.24) is 15.0 Å². The monoisotopic (exact) mass is 310 g/mol. The third-order valence-corrected chi connectivity index (χ3v) is 5.13. The van der Waals surface area contributed by atoms with Gasteiger partial charge in [-0.2, -0.15) is 0 Å². The standard InChI is InChI=1S/C18H23N5/c1-3-23-8-4-5-13(23)10-19-18-17-16(20-11-21-18)14-9-12(2)6-7-15(14)22-17/h6-7,9,11,13,22H,3-5,8,10H2,1-2H3,(H,19,20,21)/p+1/t13-/m0/s1. The highest BCUT2D eigenvalue weighted by Crippen LogP contribution is 2.27. The van der Waals surface area contributed by atoms with Gasteiger partial charge in [-0.05, 0) is 26.0 Å². The van der Waals surface area contributed by atoms with Crippen molar-refractivity contribution in [2.75, 3.05) is 25.0 Å². The molecule has 5 heteroatoms. The Bertz CT molecular complexity index is 838. The Morgan fingerprint density at radius 2 is 2.26 bits per heavy atom. The minimum Gasteiger partial charge on any atom is -0.362 e. The summed E-state index contributed by atoms with van der Waals surface area (Å²) < 4.78 is 0. The van der Waals surface area contributed by atoms with Gasteiger partial charge in [0.05, 0.1) is 19.6 Å². The first-order chi connectivity index (χ1) is 11.3. The largest absolute Gasteiger partial charge is 0.362 e. The molecule has 1 fully saturated rings. The lowest BCUT2D eigenvalue weighted by atomic mass is 10.1. The van der Waals surface area contributed by atoms with Crippen LogP contribution in [0.2, 0.25) is 0 Å². The summed E-state index contributed by atoms with van der Waals surface area (Å²) in [6.45, 7) is 7.87. The molecule has 0 amide bonds. The Kier molecular flexibility index (Phi) is 3.65. The molecule has 0 bridgehead atoms. The summed E-state index contributed by atoms with van der Waals surface area (Å²) >= 11 is 0. The number of aryl methyl sites for hydroxylation is 1. The first-order valence-corrected chi connectivity index (χ1v) is 8.57. The summed E-state index contributed by atoms with van der Waals surface area (Å²) in [6, 6.07) is 7.12. The van der Waals surface area contributed by atoms with Crippen molar-refractivity contribution in [2.45, 2.75) is 32.7 Å². The predicted octanol–water partition coefficient (Wildman–Crippen LogP) is 1.90. The fourth-order valence-electron chi connectivity index (χ4n) is 3.86. The second-order valence-electron chi connectivity index (χ2n) is 6.60. The van der Waals surface area contributed by atoms with Crippen LogP contribution in [0.1, 0.15) is 25.3 Å². The molecule has 0 saturated carbocycles. The molecule has 2 aromatic heterocycles. The summed E-state index contributed by atoms with van der Waals surface area (Å²) in [5.41, 5.74) is 4.40. The molecule has 1 saturated heterocycles. The molecular weight excluding hydrogens is 286 g/mol. The van der Waals surface area contributed by atoms with Gasteiger partial charge in [0.25, 0.3) is 0 Å². The molecular formula is C18H24N5+. The Morgan fingerprint density at radius 1 is 1.35 bits per heavy atom. The Labute approximate surface area is 136 Å². The van der Waals surface area contributed by atoms with Crippen molar-refractivity contribution in [3.8, 4) is 0 Å². The maximum atomic E-state index is 4.49. The van der Waals surface area contributed by atoms with Crippen molar-refractivity contribution in [3.63, 3.8) is 0 Å². The van der Waals surface area contributed by atoms with E-state index in [-0.39, 0.29) is 0 Å². The second-order valence-corrected chi connectivity index (χ2v) is 6.60. The lowest BCUT2D eigenvalue weighted by Crippen LogP contribution is -3.14. The van der Waals surface area contributed by atoms with Gasteiger partial charge in [0.15, 0.2) is 5.82 Å². The number of hydrogen-bond donors (Lipinski definition) is 3. The van der Waals surface area contributed by atoms with Crippen molar-refractivity contribution >= 4 is 27.8 Å². The van der Waals surface area contributed by atoms with Crippen LogP contribution in [0.5, 0.6) is 0 Å². The number of anilines is 1. The summed E-state index contributed by atoms with van der Waals surface area (Å²) in [6.07, 6.45) is 4.30. The van der Waals surface area contributed by atoms with Gasteiger partial charge in [-0.3, -0.25) is 0 Å². The second kappa shape index (κ2) is 5.81. The Balaban J connectivity index is 1.66. The molecule has 2 atom stereocenters. The van der Waals surface area contributed by atoms with Crippen molar-refractivity contribution in [3.05, 3.63) is 30.1 Å². The van der Waals surface area contributed by atoms with Crippen LogP contribution in [-0.4, -0.2) is 40.6 Å². The van der Waals surface area contributed by atoms with Crippen LogP contribution in [0.4, 0.5) is 5.82 Å². The van der Waals surface area contributed by atoms with E-state index in [4.69, 9.17) is 0 Å². The van der Waals surface area contributed by atoms with Crippen LogP contribution in [0.3, 0.4) is 0 Å². The van der Waals surface area contributed by atoms with Crippen molar-refractivity contribution in [1.29, 1.82) is 0 Å². The molecule has 4 rings (SSSR count). The van der Waals surface area contributed by atoms with E-state index in [2.05, 4.69) is 52.3 Å². The average Bonchev–Trinajstić information content (AvgIpc) is 3.16. The smallest absolute Gasteiger partial charge is 0.154 e. The molecule has 3 heterocycles. The van der Waals surface area contributed by atoms with E-state index in [1.54, 1.807) is 11.2 Å². The van der Waals surface area contributed by atoms with E-state index in [0.717, 1.165) is 28.9 Å². The molecule has 1 aliphatic rings. The number of likely N-dealkylation sites (N-methyl/N-ethyl adjacent to an activating group) is 1. The van der Waals surface area contributed by atoms with E-state index >= 15 is 0 Å². The molecule has 5 nitrogen and oxygen atoms in total. The number of benzene rings is 1. The summed E-state index contributed by atoms with van der Waals surface area (Å²) in [4.78, 5) is 14.2. The highest BCUT2D eigenvalue weighted by molar-refractivity contribution is 6.08. The maximum absolute atomic E-state index is 4.49. The number of rotatable bonds is 4. The van der Waals surface area contributed by atoms with Crippen molar-refractivity contribution < 1.29 is 4.90 Å². The zero-order valence-electron chi connectivity index (χ0n) is 13.8. The third kappa shape index (κ3) is 2.55. The van der Waals surface area contributed by atoms with Gasteiger partial charge in [-0.15, -0.1) is 0 Å². The topological polar surface area (TPSA) is 58.0 Å². The molecule has 0 spiro atoms. The van der Waals surface area contributed by atoms with Crippen LogP contribution in [-0.2, 0) is 0 Å². The van der Waals surface area contributed by atoms with Gasteiger partial charge in [-0.25, -0.2) is 9.97 Å². The van der Waals surface area contributed by atoms with Crippen LogP contribution >= 0.6 is 0 Å². The molecule has 120 valence electrons. The molecule has 1 unspecified atom stereocenters. The normalized spacial score (nSPS) is 21.3. The van der Waals surface area contributed by atoms with Crippen LogP contribution in [0.15, 0.2) is 24.5 Å². The molecule has 0 radical (unpaired) electrons. The van der Waals surface area contributed by atoms with E-state index in [1.165, 1.54) is 36.9 Å². The molecule has 3 aromatic rings. The average molecular weight is 310 g/mol. The number of nitrogens with one attached hydrogen (secondary N) is 3. The lowest BCUT2D eigenvalue weighted by Gasteiger charge is -2.20. The SMILES string of the molecule is CC[NH+]1CCC[C@H]1CNc1ncnc2c1[nH]c1ccc(C)cc12. The number of nitrogens with zero attached hydrogens (tertiary/aromatic N) is 2. The maximum Gasteiger partial charge on any atom is 0.154 e. The minimum absolute atomic E-state index is 0.691. The number of aromatic nitrogens is 3. The number of likely N-dealkylation sites (tertiary alicyclic amines) is 1. The highest BCUT2D eigenvalue weighted by atomic mass is 15.2. The van der Waals surface area contributed by atoms with E-state index in [1.807, 2.05) is 0 Å². The number of hydrogen-bond acceptors (Lipinski definition) is 3. The van der Waals surface area contributed by atoms with Crippen molar-refractivity contribution in [2.24, 2.45) is 0 Å². The van der Waals surface area contributed by atoms with Gasteiger partial charge in [-0.1, -0.05) is 11.6 Å². The zero-order valence-corrected chi connectivity index (χ0v) is 13.8. The van der Waals surface area contributed by atoms with Gasteiger partial charge < -0.3 is 15.2 Å². The van der Waals surface area contributed by atoms with E-state index < -0.39 is 0 Å². The van der Waals surface area contributed by atoms with Crippen LogP contribution in [0.25, 0.3) is 21.9 Å². The van der Waals surface area contributed by atoms with Crippen LogP contribution < -0.4 is 10.2 Å². The number of fused-ring (bicyclic) bond motifs is 3. The molecule has 3 N–H and O–H groups in total. The molecule has 23 heavy (non-hydrogen) atoms. The number of quaternary nitrogens is 1. The summed E-state index contributed by atoms with van der Waals surface area (Å²) in [5, 5.41) is 4.74. The molecule has 1 aliphatic heterocycles. The number of H-pyrrole nitrogens is 1. The lowest BCUT2D eigenvalue weighted by molar-refractivity contribution is -0.908. The Hall–Kier alpha value is -2.14. The van der Waals surface area contributed by atoms with Crippen LogP contribution in [0, 0.1) is 6.92 Å².